The highest BCUT2D eigenvalue weighted by Gasteiger charge is 2.04. The lowest BCUT2D eigenvalue weighted by Gasteiger charge is -2.12. The average Bonchev–Trinajstić information content (AvgIpc) is 2.72. The molecule has 0 radical (unpaired) electrons. The van der Waals surface area contributed by atoms with E-state index in [1.165, 1.54) is 5.56 Å². The predicted molar refractivity (Wildman–Crippen MR) is 60.6 cm³/mol. The maximum Gasteiger partial charge on any atom is 0.137 e. The first-order valence-electron chi connectivity index (χ1n) is 4.56. The summed E-state index contributed by atoms with van der Waals surface area (Å²) in [6.45, 7) is 2.13. The van der Waals surface area contributed by atoms with Crippen LogP contribution in [0.4, 0.5) is 5.82 Å². The maximum atomic E-state index is 4.19. The molecule has 2 aromatic rings. The molecule has 0 fully saturated rings. The third kappa shape index (κ3) is 2.12. The van der Waals surface area contributed by atoms with Gasteiger partial charge in [-0.1, -0.05) is 30.3 Å². The summed E-state index contributed by atoms with van der Waals surface area (Å²) in [6, 6.07) is 10.7. The summed E-state index contributed by atoms with van der Waals surface area (Å²) in [5.74, 6) is 0.950. The molecule has 1 heterocycles. The van der Waals surface area contributed by atoms with Gasteiger partial charge in [-0.15, -0.1) is 11.3 Å². The number of nitrogens with one attached hydrogen (secondary N) is 1. The highest BCUT2D eigenvalue weighted by atomic mass is 32.1. The zero-order valence-electron chi connectivity index (χ0n) is 7.97. The molecule has 0 bridgehead atoms. The Bertz CT molecular complexity index is 369. The molecule has 0 aliphatic rings. The van der Waals surface area contributed by atoms with Crippen molar-refractivity contribution in [3.63, 3.8) is 0 Å². The van der Waals surface area contributed by atoms with Gasteiger partial charge in [0.2, 0.25) is 0 Å². The molecule has 0 saturated heterocycles. The predicted octanol–water partition coefficient (Wildman–Crippen LogP) is 3.32. The van der Waals surface area contributed by atoms with Crippen LogP contribution in [0.25, 0.3) is 0 Å². The minimum Gasteiger partial charge on any atom is -0.363 e. The second-order valence-electron chi connectivity index (χ2n) is 3.15. The monoisotopic (exact) mass is 204 g/mol. The normalized spacial score (nSPS) is 12.4. The summed E-state index contributed by atoms with van der Waals surface area (Å²) < 4.78 is 0. The van der Waals surface area contributed by atoms with Gasteiger partial charge in [-0.05, 0) is 12.5 Å². The van der Waals surface area contributed by atoms with E-state index in [1.807, 2.05) is 17.0 Å². The van der Waals surface area contributed by atoms with Crippen molar-refractivity contribution in [2.75, 3.05) is 5.32 Å². The van der Waals surface area contributed by atoms with Crippen LogP contribution in [0.2, 0.25) is 0 Å². The molecule has 1 aromatic heterocycles. The molecule has 1 aromatic carbocycles. The SMILES string of the molecule is CC(Nc1cscn1)c1ccccc1. The Morgan fingerprint density at radius 1 is 1.29 bits per heavy atom. The van der Waals surface area contributed by atoms with Gasteiger partial charge in [-0.25, -0.2) is 4.98 Å². The lowest BCUT2D eigenvalue weighted by atomic mass is 10.1. The van der Waals surface area contributed by atoms with Gasteiger partial charge >= 0.3 is 0 Å². The van der Waals surface area contributed by atoms with E-state index in [9.17, 15) is 0 Å². The zero-order chi connectivity index (χ0) is 9.80. The van der Waals surface area contributed by atoms with E-state index < -0.39 is 0 Å². The molecule has 14 heavy (non-hydrogen) atoms. The van der Waals surface area contributed by atoms with E-state index in [0.29, 0.717) is 6.04 Å². The van der Waals surface area contributed by atoms with Crippen molar-refractivity contribution in [1.29, 1.82) is 0 Å². The number of aromatic nitrogens is 1. The molecule has 0 aliphatic carbocycles. The third-order valence-electron chi connectivity index (χ3n) is 2.10. The topological polar surface area (TPSA) is 24.9 Å². The lowest BCUT2D eigenvalue weighted by Crippen LogP contribution is -2.06. The minimum absolute atomic E-state index is 0.304. The number of nitrogens with zero attached hydrogens (tertiary/aromatic N) is 1. The molecule has 0 saturated carbocycles. The van der Waals surface area contributed by atoms with Crippen LogP contribution in [0, 0.1) is 0 Å². The van der Waals surface area contributed by atoms with Gasteiger partial charge in [0.1, 0.15) is 5.82 Å². The van der Waals surface area contributed by atoms with Crippen LogP contribution in [-0.2, 0) is 0 Å². The summed E-state index contributed by atoms with van der Waals surface area (Å²) in [7, 11) is 0. The molecule has 72 valence electrons. The fourth-order valence-corrected chi connectivity index (χ4v) is 1.82. The first kappa shape index (κ1) is 9.21. The second kappa shape index (κ2) is 4.24. The summed E-state index contributed by atoms with van der Waals surface area (Å²) >= 11 is 1.60. The van der Waals surface area contributed by atoms with Crippen molar-refractivity contribution in [2.24, 2.45) is 0 Å². The maximum absolute atomic E-state index is 4.19. The highest BCUT2D eigenvalue weighted by molar-refractivity contribution is 7.07. The molecule has 1 atom stereocenters. The summed E-state index contributed by atoms with van der Waals surface area (Å²) in [5.41, 5.74) is 3.11. The quantitative estimate of drug-likeness (QED) is 0.829. The highest BCUT2D eigenvalue weighted by Crippen LogP contribution is 2.18. The second-order valence-corrected chi connectivity index (χ2v) is 3.87. The van der Waals surface area contributed by atoms with Crippen LogP contribution in [-0.4, -0.2) is 4.98 Å². The number of hydrogen-bond donors (Lipinski definition) is 1. The minimum atomic E-state index is 0.304. The van der Waals surface area contributed by atoms with E-state index in [4.69, 9.17) is 0 Å². The van der Waals surface area contributed by atoms with Gasteiger partial charge in [0.25, 0.3) is 0 Å². The molecule has 2 nitrogen and oxygen atoms in total. The van der Waals surface area contributed by atoms with Crippen LogP contribution in [0.5, 0.6) is 0 Å². The number of hydrogen-bond acceptors (Lipinski definition) is 3. The molecule has 1 N–H and O–H groups in total. The van der Waals surface area contributed by atoms with Gasteiger partial charge < -0.3 is 5.32 Å². The number of thiazole rings is 1. The Kier molecular flexibility index (Phi) is 2.79. The standard InChI is InChI=1S/C11H12N2S/c1-9(10-5-3-2-4-6-10)13-11-7-14-8-12-11/h2-9,13H,1H3. The Morgan fingerprint density at radius 3 is 2.71 bits per heavy atom. The number of rotatable bonds is 3. The molecule has 0 spiro atoms. The number of anilines is 1. The lowest BCUT2D eigenvalue weighted by molar-refractivity contribution is 0.877. The van der Waals surface area contributed by atoms with Gasteiger partial charge in [0, 0.05) is 11.4 Å². The van der Waals surface area contributed by atoms with Crippen molar-refractivity contribution in [2.45, 2.75) is 13.0 Å². The fourth-order valence-electron chi connectivity index (χ4n) is 1.33. The van der Waals surface area contributed by atoms with E-state index >= 15 is 0 Å². The summed E-state index contributed by atoms with van der Waals surface area (Å²) in [5, 5.41) is 5.35. The van der Waals surface area contributed by atoms with E-state index in [2.05, 4.69) is 41.5 Å². The first-order valence-corrected chi connectivity index (χ1v) is 5.50. The average molecular weight is 204 g/mol. The van der Waals surface area contributed by atoms with Crippen LogP contribution in [0.3, 0.4) is 0 Å². The van der Waals surface area contributed by atoms with Crippen LogP contribution in [0.15, 0.2) is 41.2 Å². The third-order valence-corrected chi connectivity index (χ3v) is 2.68. The Morgan fingerprint density at radius 2 is 2.07 bits per heavy atom. The van der Waals surface area contributed by atoms with Crippen molar-refractivity contribution in [1.82, 2.24) is 4.98 Å². The largest absolute Gasteiger partial charge is 0.363 e. The fraction of sp³-hybridized carbons (Fsp3) is 0.182. The number of benzene rings is 1. The van der Waals surface area contributed by atoms with Gasteiger partial charge in [0.05, 0.1) is 5.51 Å². The van der Waals surface area contributed by atoms with Crippen LogP contribution in [0.1, 0.15) is 18.5 Å². The molecule has 1 unspecified atom stereocenters. The molecule has 0 amide bonds. The molecular weight excluding hydrogens is 192 g/mol. The van der Waals surface area contributed by atoms with Crippen molar-refractivity contribution in [3.8, 4) is 0 Å². The molecular formula is C11H12N2S. The Balaban J connectivity index is 2.07. The smallest absolute Gasteiger partial charge is 0.137 e. The summed E-state index contributed by atoms with van der Waals surface area (Å²) in [4.78, 5) is 4.19. The first-order chi connectivity index (χ1) is 6.86. The molecule has 3 heteroatoms. The van der Waals surface area contributed by atoms with E-state index in [0.717, 1.165) is 5.82 Å². The van der Waals surface area contributed by atoms with Gasteiger partial charge in [-0.3, -0.25) is 0 Å². The van der Waals surface area contributed by atoms with Crippen molar-refractivity contribution in [3.05, 3.63) is 46.8 Å². The Labute approximate surface area is 87.6 Å². The zero-order valence-corrected chi connectivity index (χ0v) is 8.79. The van der Waals surface area contributed by atoms with Crippen molar-refractivity contribution < 1.29 is 0 Å². The van der Waals surface area contributed by atoms with Crippen LogP contribution >= 0.6 is 11.3 Å². The molecule has 2 rings (SSSR count). The van der Waals surface area contributed by atoms with E-state index in [1.54, 1.807) is 11.3 Å². The van der Waals surface area contributed by atoms with E-state index in [-0.39, 0.29) is 0 Å². The van der Waals surface area contributed by atoms with Crippen molar-refractivity contribution >= 4 is 17.2 Å². The van der Waals surface area contributed by atoms with Gasteiger partial charge in [-0.2, -0.15) is 0 Å². The van der Waals surface area contributed by atoms with Gasteiger partial charge in [0.15, 0.2) is 0 Å². The molecule has 0 aliphatic heterocycles. The van der Waals surface area contributed by atoms with Crippen LogP contribution < -0.4 is 5.32 Å². The Hall–Kier alpha value is -1.35. The summed E-state index contributed by atoms with van der Waals surface area (Å²) in [6.07, 6.45) is 0.